The average Bonchev–Trinajstić information content (AvgIpc) is 2.77. The minimum atomic E-state index is -1.63. The molecule has 0 unspecified atom stereocenters. The summed E-state index contributed by atoms with van der Waals surface area (Å²) < 4.78 is 5.50. The van der Waals surface area contributed by atoms with Crippen molar-refractivity contribution in [2.45, 2.75) is 38.5 Å². The van der Waals surface area contributed by atoms with Crippen LogP contribution in [0.1, 0.15) is 31.1 Å². The number of hydrogen-bond donors (Lipinski definition) is 2. The standard InChI is InChI=1S/C17H21NO5/c1-10(2)14(23-16(22)12-7-5-4-6-8-12)17(9-19)13(20)11(3)15(21)18-17/h4-11,13-14,20H,1-3H3,(H,18,21)/t11-,13+,14+,17+/m1/s1. The molecule has 1 aliphatic heterocycles. The largest absolute Gasteiger partial charge is 0.455 e. The summed E-state index contributed by atoms with van der Waals surface area (Å²) in [5, 5.41) is 12.9. The quantitative estimate of drug-likeness (QED) is 0.622. The molecule has 1 aliphatic rings. The summed E-state index contributed by atoms with van der Waals surface area (Å²) in [6, 6.07) is 8.36. The summed E-state index contributed by atoms with van der Waals surface area (Å²) in [6.45, 7) is 5.05. The fourth-order valence-electron chi connectivity index (χ4n) is 2.91. The zero-order chi connectivity index (χ0) is 17.2. The van der Waals surface area contributed by atoms with Gasteiger partial charge in [-0.3, -0.25) is 4.79 Å². The highest BCUT2D eigenvalue weighted by Gasteiger charge is 2.58. The summed E-state index contributed by atoms with van der Waals surface area (Å²) >= 11 is 0. The Balaban J connectivity index is 2.32. The van der Waals surface area contributed by atoms with Gasteiger partial charge in [0.15, 0.2) is 11.8 Å². The molecule has 124 valence electrons. The second-order valence-corrected chi connectivity index (χ2v) is 6.21. The highest BCUT2D eigenvalue weighted by Crippen LogP contribution is 2.32. The van der Waals surface area contributed by atoms with Crippen molar-refractivity contribution in [2.75, 3.05) is 0 Å². The van der Waals surface area contributed by atoms with E-state index in [1.165, 1.54) is 6.92 Å². The zero-order valence-electron chi connectivity index (χ0n) is 13.4. The maximum atomic E-state index is 12.3. The van der Waals surface area contributed by atoms with Crippen LogP contribution in [0.15, 0.2) is 30.3 Å². The van der Waals surface area contributed by atoms with E-state index < -0.39 is 35.5 Å². The number of aliphatic hydroxyl groups is 1. The van der Waals surface area contributed by atoms with Gasteiger partial charge in [-0.1, -0.05) is 39.0 Å². The Morgan fingerprint density at radius 2 is 1.96 bits per heavy atom. The maximum Gasteiger partial charge on any atom is 0.338 e. The Hall–Kier alpha value is -2.21. The number of hydrogen-bond acceptors (Lipinski definition) is 5. The first-order valence-electron chi connectivity index (χ1n) is 7.56. The fourth-order valence-corrected chi connectivity index (χ4v) is 2.91. The first-order valence-corrected chi connectivity index (χ1v) is 7.56. The van der Waals surface area contributed by atoms with Crippen molar-refractivity contribution in [3.8, 4) is 0 Å². The summed E-state index contributed by atoms with van der Waals surface area (Å²) in [6.07, 6.45) is -1.76. The molecule has 6 heteroatoms. The number of nitrogens with one attached hydrogen (secondary N) is 1. The van der Waals surface area contributed by atoms with Gasteiger partial charge in [0.05, 0.1) is 17.6 Å². The van der Waals surface area contributed by atoms with Gasteiger partial charge in [0.25, 0.3) is 0 Å². The molecule has 0 aromatic heterocycles. The van der Waals surface area contributed by atoms with E-state index in [1.807, 2.05) is 0 Å². The van der Waals surface area contributed by atoms with Crippen molar-refractivity contribution >= 4 is 18.2 Å². The summed E-state index contributed by atoms with van der Waals surface area (Å²) in [5.41, 5.74) is -1.29. The minimum absolute atomic E-state index is 0.284. The van der Waals surface area contributed by atoms with Crippen molar-refractivity contribution in [3.63, 3.8) is 0 Å². The summed E-state index contributed by atoms with van der Waals surface area (Å²) in [5.74, 6) is -2.08. The average molecular weight is 319 g/mol. The Morgan fingerprint density at radius 3 is 2.39 bits per heavy atom. The van der Waals surface area contributed by atoms with E-state index in [9.17, 15) is 19.5 Å². The molecule has 0 saturated carbocycles. The maximum absolute atomic E-state index is 12.3. The summed E-state index contributed by atoms with van der Waals surface area (Å²) in [4.78, 5) is 35.9. The normalized spacial score (nSPS) is 28.3. The number of esters is 1. The van der Waals surface area contributed by atoms with E-state index in [0.717, 1.165) is 0 Å². The molecule has 1 fully saturated rings. The summed E-state index contributed by atoms with van der Waals surface area (Å²) in [7, 11) is 0. The van der Waals surface area contributed by atoms with Crippen molar-refractivity contribution < 1.29 is 24.2 Å². The molecule has 6 nitrogen and oxygen atoms in total. The van der Waals surface area contributed by atoms with Crippen LogP contribution in [0.5, 0.6) is 0 Å². The second-order valence-electron chi connectivity index (χ2n) is 6.21. The molecule has 0 spiro atoms. The number of ether oxygens (including phenoxy) is 1. The molecule has 0 radical (unpaired) electrons. The van der Waals surface area contributed by atoms with E-state index in [0.29, 0.717) is 11.8 Å². The van der Waals surface area contributed by atoms with Gasteiger partial charge in [-0.25, -0.2) is 4.79 Å². The molecule has 2 rings (SSSR count). The van der Waals surface area contributed by atoms with Crippen LogP contribution >= 0.6 is 0 Å². The number of rotatable bonds is 5. The van der Waals surface area contributed by atoms with Crippen LogP contribution in [-0.4, -0.2) is 41.0 Å². The first-order chi connectivity index (χ1) is 10.8. The van der Waals surface area contributed by atoms with Gasteiger partial charge < -0.3 is 20.0 Å². The van der Waals surface area contributed by atoms with E-state index in [-0.39, 0.29) is 5.92 Å². The molecule has 4 atom stereocenters. The molecule has 1 aromatic carbocycles. The monoisotopic (exact) mass is 319 g/mol. The molecule has 23 heavy (non-hydrogen) atoms. The van der Waals surface area contributed by atoms with Crippen LogP contribution in [0, 0.1) is 11.8 Å². The highest BCUT2D eigenvalue weighted by molar-refractivity contribution is 5.92. The zero-order valence-corrected chi connectivity index (χ0v) is 13.4. The molecular weight excluding hydrogens is 298 g/mol. The third-order valence-electron chi connectivity index (χ3n) is 4.23. The molecule has 0 bridgehead atoms. The molecule has 2 N–H and O–H groups in total. The SMILES string of the molecule is CC(C)[C@H](OC(=O)c1ccccc1)[C@@]1(C=O)NC(=O)[C@H](C)[C@@H]1O. The van der Waals surface area contributed by atoms with Gasteiger partial charge in [0, 0.05) is 0 Å². The van der Waals surface area contributed by atoms with Crippen molar-refractivity contribution in [3.05, 3.63) is 35.9 Å². The molecular formula is C17H21NO5. The predicted octanol–water partition coefficient (Wildman–Crippen LogP) is 0.932. The lowest BCUT2D eigenvalue weighted by Crippen LogP contribution is -2.62. The van der Waals surface area contributed by atoms with Crippen LogP contribution in [0.4, 0.5) is 0 Å². The number of benzene rings is 1. The van der Waals surface area contributed by atoms with Gasteiger partial charge >= 0.3 is 5.97 Å². The third-order valence-corrected chi connectivity index (χ3v) is 4.23. The van der Waals surface area contributed by atoms with Crippen LogP contribution in [0.3, 0.4) is 0 Å². The van der Waals surface area contributed by atoms with Gasteiger partial charge in [0.1, 0.15) is 6.10 Å². The van der Waals surface area contributed by atoms with Crippen LogP contribution in [0.2, 0.25) is 0 Å². The molecule has 1 saturated heterocycles. The third kappa shape index (κ3) is 2.99. The fraction of sp³-hybridized carbons (Fsp3) is 0.471. The van der Waals surface area contributed by atoms with Crippen molar-refractivity contribution in [1.29, 1.82) is 0 Å². The second kappa shape index (κ2) is 6.50. The molecule has 1 heterocycles. The Morgan fingerprint density at radius 1 is 1.35 bits per heavy atom. The predicted molar refractivity (Wildman–Crippen MR) is 82.6 cm³/mol. The van der Waals surface area contributed by atoms with E-state index in [2.05, 4.69) is 5.32 Å². The molecule has 1 aromatic rings. The van der Waals surface area contributed by atoms with Crippen LogP contribution in [-0.2, 0) is 14.3 Å². The van der Waals surface area contributed by atoms with Gasteiger partial charge in [0.2, 0.25) is 5.91 Å². The van der Waals surface area contributed by atoms with Crippen molar-refractivity contribution in [2.24, 2.45) is 11.8 Å². The lowest BCUT2D eigenvalue weighted by molar-refractivity contribution is -0.128. The van der Waals surface area contributed by atoms with E-state index in [4.69, 9.17) is 4.74 Å². The lowest BCUT2D eigenvalue weighted by Gasteiger charge is -2.37. The number of aldehydes is 1. The first kappa shape index (κ1) is 17.1. The van der Waals surface area contributed by atoms with Crippen LogP contribution in [0.25, 0.3) is 0 Å². The minimum Gasteiger partial charge on any atom is -0.455 e. The molecule has 0 aliphatic carbocycles. The Labute approximate surface area is 134 Å². The van der Waals surface area contributed by atoms with E-state index >= 15 is 0 Å². The Bertz CT molecular complexity index is 600. The van der Waals surface area contributed by atoms with Gasteiger partial charge in [-0.2, -0.15) is 0 Å². The highest BCUT2D eigenvalue weighted by atomic mass is 16.5. The van der Waals surface area contributed by atoms with E-state index in [1.54, 1.807) is 44.2 Å². The lowest BCUT2D eigenvalue weighted by atomic mass is 9.81. The number of aliphatic hydroxyl groups excluding tert-OH is 1. The van der Waals surface area contributed by atoms with Gasteiger partial charge in [-0.05, 0) is 18.1 Å². The van der Waals surface area contributed by atoms with Gasteiger partial charge in [-0.15, -0.1) is 0 Å². The Kier molecular flexibility index (Phi) is 4.85. The smallest absolute Gasteiger partial charge is 0.338 e. The number of amides is 1. The van der Waals surface area contributed by atoms with Crippen molar-refractivity contribution in [1.82, 2.24) is 5.32 Å². The number of carbonyl (C=O) groups is 3. The van der Waals surface area contributed by atoms with Crippen LogP contribution < -0.4 is 5.32 Å². The topological polar surface area (TPSA) is 92.7 Å². The molecule has 1 amide bonds. The number of carbonyl (C=O) groups excluding carboxylic acids is 3.